The van der Waals surface area contributed by atoms with Gasteiger partial charge in [0.15, 0.2) is 5.65 Å². The zero-order valence-corrected chi connectivity index (χ0v) is 9.01. The fourth-order valence-electron chi connectivity index (χ4n) is 1.48. The molecule has 15 heavy (non-hydrogen) atoms. The van der Waals surface area contributed by atoms with Crippen LogP contribution in [0.25, 0.3) is 5.65 Å². The summed E-state index contributed by atoms with van der Waals surface area (Å²) in [7, 11) is 1.94. The number of hydrogen-bond donors (Lipinski definition) is 1. The van der Waals surface area contributed by atoms with E-state index in [-0.39, 0.29) is 0 Å². The lowest BCUT2D eigenvalue weighted by Crippen LogP contribution is -2.25. The zero-order chi connectivity index (χ0) is 10.8. The van der Waals surface area contributed by atoms with Gasteiger partial charge in [0.05, 0.1) is 0 Å². The quantitative estimate of drug-likeness (QED) is 0.789. The summed E-state index contributed by atoms with van der Waals surface area (Å²) in [6.07, 6.45) is 1.90. The highest BCUT2D eigenvalue weighted by Crippen LogP contribution is 2.11. The van der Waals surface area contributed by atoms with Crippen LogP contribution >= 0.6 is 0 Å². The summed E-state index contributed by atoms with van der Waals surface area (Å²) < 4.78 is 1.79. The molecule has 80 valence electrons. The molecule has 0 aliphatic rings. The van der Waals surface area contributed by atoms with Crippen molar-refractivity contribution < 1.29 is 0 Å². The minimum Gasteiger partial charge on any atom is -0.341 e. The number of pyridine rings is 1. The first-order valence-electron chi connectivity index (χ1n) is 4.95. The highest BCUT2D eigenvalue weighted by molar-refractivity contribution is 5.50. The van der Waals surface area contributed by atoms with Crippen LogP contribution in [0.4, 0.5) is 5.95 Å². The van der Waals surface area contributed by atoms with E-state index in [0.29, 0.717) is 6.54 Å². The van der Waals surface area contributed by atoms with E-state index in [1.165, 1.54) is 0 Å². The van der Waals surface area contributed by atoms with E-state index in [1.54, 1.807) is 4.52 Å². The van der Waals surface area contributed by atoms with Crippen LogP contribution in [0.5, 0.6) is 0 Å². The van der Waals surface area contributed by atoms with E-state index in [4.69, 9.17) is 5.73 Å². The van der Waals surface area contributed by atoms with Crippen LogP contribution in [0.15, 0.2) is 18.3 Å². The van der Waals surface area contributed by atoms with E-state index in [9.17, 15) is 0 Å². The standard InChI is InChI=1S/C10H15N5/c1-8-4-3-6-15-9(8)12-10(13-15)14(2)7-5-11/h3-4,6H,5,7,11H2,1-2H3. The second-order valence-electron chi connectivity index (χ2n) is 3.58. The van der Waals surface area contributed by atoms with Gasteiger partial charge in [0.1, 0.15) is 0 Å². The molecule has 5 nitrogen and oxygen atoms in total. The Balaban J connectivity index is 2.43. The number of rotatable bonds is 3. The van der Waals surface area contributed by atoms with Crippen molar-refractivity contribution in [1.82, 2.24) is 14.6 Å². The van der Waals surface area contributed by atoms with Crippen molar-refractivity contribution in [2.75, 3.05) is 25.0 Å². The van der Waals surface area contributed by atoms with Crippen molar-refractivity contribution >= 4 is 11.6 Å². The Labute approximate surface area is 88.5 Å². The third-order valence-corrected chi connectivity index (χ3v) is 2.35. The Hall–Kier alpha value is -1.62. The first kappa shape index (κ1) is 9.92. The van der Waals surface area contributed by atoms with E-state index in [2.05, 4.69) is 10.1 Å². The van der Waals surface area contributed by atoms with Crippen LogP contribution in [0.1, 0.15) is 5.56 Å². The van der Waals surface area contributed by atoms with Crippen LogP contribution in [0, 0.1) is 6.92 Å². The largest absolute Gasteiger partial charge is 0.341 e. The third-order valence-electron chi connectivity index (χ3n) is 2.35. The lowest BCUT2D eigenvalue weighted by Gasteiger charge is -2.11. The number of fused-ring (bicyclic) bond motifs is 1. The van der Waals surface area contributed by atoms with Crippen LogP contribution in [-0.2, 0) is 0 Å². The second kappa shape index (κ2) is 3.86. The lowest BCUT2D eigenvalue weighted by molar-refractivity contribution is 0.836. The summed E-state index contributed by atoms with van der Waals surface area (Å²) in [5.74, 6) is 0.717. The van der Waals surface area contributed by atoms with Gasteiger partial charge in [0.25, 0.3) is 0 Å². The van der Waals surface area contributed by atoms with Crippen LogP contribution in [0.2, 0.25) is 0 Å². The molecule has 0 aliphatic carbocycles. The van der Waals surface area contributed by atoms with Gasteiger partial charge in [-0.3, -0.25) is 0 Å². The molecule has 2 N–H and O–H groups in total. The van der Waals surface area contributed by atoms with E-state index in [1.807, 2.05) is 37.2 Å². The number of likely N-dealkylation sites (N-methyl/N-ethyl adjacent to an activating group) is 1. The molecule has 0 aromatic carbocycles. The molecule has 0 fully saturated rings. The highest BCUT2D eigenvalue weighted by atomic mass is 15.4. The maximum absolute atomic E-state index is 5.49. The summed E-state index contributed by atoms with van der Waals surface area (Å²) in [5.41, 5.74) is 7.51. The normalized spacial score (nSPS) is 10.9. The summed E-state index contributed by atoms with van der Waals surface area (Å²) in [6, 6.07) is 3.99. The SMILES string of the molecule is Cc1cccn2nc(N(C)CCN)nc12. The molecule has 0 unspecified atom stereocenters. The Kier molecular flexibility index (Phi) is 2.55. The topological polar surface area (TPSA) is 59.5 Å². The molecule has 0 amide bonds. The first-order chi connectivity index (χ1) is 7.22. The van der Waals surface area contributed by atoms with Gasteiger partial charge in [-0.25, -0.2) is 4.52 Å². The van der Waals surface area contributed by atoms with Crippen LogP contribution < -0.4 is 10.6 Å². The molecule has 0 aliphatic heterocycles. The lowest BCUT2D eigenvalue weighted by atomic mass is 10.3. The zero-order valence-electron chi connectivity index (χ0n) is 9.01. The summed E-state index contributed by atoms with van der Waals surface area (Å²) in [4.78, 5) is 6.40. The fraction of sp³-hybridized carbons (Fsp3) is 0.400. The van der Waals surface area contributed by atoms with E-state index < -0.39 is 0 Å². The number of nitrogens with zero attached hydrogens (tertiary/aromatic N) is 4. The number of aryl methyl sites for hydroxylation is 1. The monoisotopic (exact) mass is 205 g/mol. The fourth-order valence-corrected chi connectivity index (χ4v) is 1.48. The third kappa shape index (κ3) is 1.78. The Morgan fingerprint density at radius 3 is 3.00 bits per heavy atom. The maximum Gasteiger partial charge on any atom is 0.245 e. The summed E-state index contributed by atoms with van der Waals surface area (Å²) in [6.45, 7) is 3.39. The van der Waals surface area contributed by atoms with Crippen molar-refractivity contribution in [2.45, 2.75) is 6.92 Å². The van der Waals surface area contributed by atoms with Gasteiger partial charge in [-0.15, -0.1) is 5.10 Å². The molecular weight excluding hydrogens is 190 g/mol. The molecular formula is C10H15N5. The molecule has 2 rings (SSSR count). The molecule has 2 aromatic rings. The average Bonchev–Trinajstić information content (AvgIpc) is 2.63. The smallest absolute Gasteiger partial charge is 0.245 e. The Morgan fingerprint density at radius 2 is 2.33 bits per heavy atom. The average molecular weight is 205 g/mol. The van der Waals surface area contributed by atoms with Gasteiger partial charge in [-0.2, -0.15) is 4.98 Å². The van der Waals surface area contributed by atoms with Crippen molar-refractivity contribution in [3.05, 3.63) is 23.9 Å². The van der Waals surface area contributed by atoms with Gasteiger partial charge in [0, 0.05) is 26.3 Å². The van der Waals surface area contributed by atoms with Crippen LogP contribution in [0.3, 0.4) is 0 Å². The van der Waals surface area contributed by atoms with Crippen molar-refractivity contribution in [1.29, 1.82) is 0 Å². The van der Waals surface area contributed by atoms with Gasteiger partial charge in [-0.1, -0.05) is 6.07 Å². The molecule has 0 saturated heterocycles. The minimum atomic E-state index is 0.602. The molecule has 2 aromatic heterocycles. The van der Waals surface area contributed by atoms with Gasteiger partial charge in [-0.05, 0) is 18.6 Å². The molecule has 2 heterocycles. The molecule has 0 spiro atoms. The van der Waals surface area contributed by atoms with Crippen LogP contribution in [-0.4, -0.2) is 34.7 Å². The molecule has 0 bridgehead atoms. The van der Waals surface area contributed by atoms with Crippen molar-refractivity contribution in [3.8, 4) is 0 Å². The van der Waals surface area contributed by atoms with Crippen molar-refractivity contribution in [2.24, 2.45) is 5.73 Å². The Morgan fingerprint density at radius 1 is 1.53 bits per heavy atom. The highest BCUT2D eigenvalue weighted by Gasteiger charge is 2.08. The summed E-state index contributed by atoms with van der Waals surface area (Å²) in [5, 5.41) is 4.37. The predicted molar refractivity (Wildman–Crippen MR) is 60.0 cm³/mol. The number of aromatic nitrogens is 3. The predicted octanol–water partition coefficient (Wildman–Crippen LogP) is 0.433. The number of hydrogen-bond acceptors (Lipinski definition) is 4. The second-order valence-corrected chi connectivity index (χ2v) is 3.58. The van der Waals surface area contributed by atoms with E-state index in [0.717, 1.165) is 23.7 Å². The van der Waals surface area contributed by atoms with E-state index >= 15 is 0 Å². The summed E-state index contributed by atoms with van der Waals surface area (Å²) >= 11 is 0. The molecule has 0 atom stereocenters. The molecule has 5 heteroatoms. The van der Waals surface area contributed by atoms with Gasteiger partial charge in [0.2, 0.25) is 5.95 Å². The van der Waals surface area contributed by atoms with Gasteiger partial charge >= 0.3 is 0 Å². The number of nitrogens with two attached hydrogens (primary N) is 1. The first-order valence-corrected chi connectivity index (χ1v) is 4.95. The van der Waals surface area contributed by atoms with Crippen molar-refractivity contribution in [3.63, 3.8) is 0 Å². The number of anilines is 1. The minimum absolute atomic E-state index is 0.602. The maximum atomic E-state index is 5.49. The molecule has 0 saturated carbocycles. The molecule has 0 radical (unpaired) electrons. The van der Waals surface area contributed by atoms with Gasteiger partial charge < -0.3 is 10.6 Å². The Bertz CT molecular complexity index is 462.